The van der Waals surface area contributed by atoms with E-state index in [1.54, 1.807) is 12.0 Å². The van der Waals surface area contributed by atoms with Crippen molar-refractivity contribution in [3.05, 3.63) is 89.7 Å². The molecule has 1 aromatic heterocycles. The monoisotopic (exact) mass is 489 g/mol. The third kappa shape index (κ3) is 7.48. The van der Waals surface area contributed by atoms with E-state index in [0.717, 1.165) is 29.0 Å². The van der Waals surface area contributed by atoms with Gasteiger partial charge in [-0.15, -0.1) is 0 Å². The van der Waals surface area contributed by atoms with Crippen molar-refractivity contribution in [1.29, 1.82) is 0 Å². The van der Waals surface area contributed by atoms with Crippen molar-refractivity contribution >= 4 is 11.8 Å². The molecule has 0 fully saturated rings. The molecule has 2 aromatic carbocycles. The van der Waals surface area contributed by atoms with Crippen LogP contribution >= 0.6 is 0 Å². The van der Waals surface area contributed by atoms with Crippen LogP contribution in [0.25, 0.3) is 0 Å². The second-order valence-corrected chi connectivity index (χ2v) is 10.2. The van der Waals surface area contributed by atoms with Gasteiger partial charge in [-0.2, -0.15) is 0 Å². The number of methoxy groups -OCH3 is 1. The average molecular weight is 490 g/mol. The van der Waals surface area contributed by atoms with Crippen molar-refractivity contribution < 1.29 is 14.3 Å². The van der Waals surface area contributed by atoms with Crippen LogP contribution in [0.3, 0.4) is 0 Å². The highest BCUT2D eigenvalue weighted by molar-refractivity contribution is 5.87. The van der Waals surface area contributed by atoms with Crippen molar-refractivity contribution in [1.82, 2.24) is 14.4 Å². The van der Waals surface area contributed by atoms with Gasteiger partial charge >= 0.3 is 0 Å². The fraction of sp³-hybridized carbons (Fsp3) is 0.400. The molecule has 3 rings (SSSR count). The van der Waals surface area contributed by atoms with Crippen LogP contribution in [0.15, 0.2) is 72.9 Å². The summed E-state index contributed by atoms with van der Waals surface area (Å²) in [5.41, 5.74) is 2.68. The molecule has 0 unspecified atom stereocenters. The van der Waals surface area contributed by atoms with Gasteiger partial charge in [0.25, 0.3) is 0 Å². The first-order valence-electron chi connectivity index (χ1n) is 12.6. The Bertz CT molecular complexity index is 1130. The van der Waals surface area contributed by atoms with Crippen molar-refractivity contribution in [3.8, 4) is 5.75 Å². The molecule has 0 spiro atoms. The number of aromatic nitrogens is 1. The first-order valence-corrected chi connectivity index (χ1v) is 12.6. The van der Waals surface area contributed by atoms with E-state index < -0.39 is 5.41 Å². The third-order valence-corrected chi connectivity index (χ3v) is 6.08. The SMILES string of the molecule is CCCN(CC(=O)N(Cc1ccccc1)Cc1cccn1Cc1cccc(OC)c1)C(=O)C(C)(C)C. The van der Waals surface area contributed by atoms with Gasteiger partial charge in [0.2, 0.25) is 11.8 Å². The van der Waals surface area contributed by atoms with E-state index in [9.17, 15) is 9.59 Å². The molecule has 0 saturated heterocycles. The molecule has 3 aromatic rings. The number of carbonyl (C=O) groups is 2. The molecule has 1 heterocycles. The van der Waals surface area contributed by atoms with Gasteiger partial charge in [0.15, 0.2) is 0 Å². The van der Waals surface area contributed by atoms with E-state index in [1.807, 2.05) is 93.4 Å². The van der Waals surface area contributed by atoms with Crippen LogP contribution in [0.5, 0.6) is 5.75 Å². The molecule has 6 nitrogen and oxygen atoms in total. The van der Waals surface area contributed by atoms with Gasteiger partial charge in [-0.1, -0.05) is 70.2 Å². The van der Waals surface area contributed by atoms with Crippen LogP contribution in [0, 0.1) is 5.41 Å². The molecular weight excluding hydrogens is 450 g/mol. The number of rotatable bonds is 11. The number of amides is 2. The van der Waals surface area contributed by atoms with Gasteiger partial charge in [-0.25, -0.2) is 0 Å². The van der Waals surface area contributed by atoms with Crippen molar-refractivity contribution in [2.24, 2.45) is 5.41 Å². The molecule has 0 radical (unpaired) electrons. The van der Waals surface area contributed by atoms with Crippen LogP contribution in [0.4, 0.5) is 0 Å². The summed E-state index contributed by atoms with van der Waals surface area (Å²) in [6.45, 7) is 9.97. The number of hydrogen-bond acceptors (Lipinski definition) is 3. The number of benzene rings is 2. The molecule has 0 aliphatic heterocycles. The Balaban J connectivity index is 1.83. The van der Waals surface area contributed by atoms with E-state index >= 15 is 0 Å². The molecule has 0 bridgehead atoms. The molecule has 0 saturated carbocycles. The molecule has 6 heteroatoms. The topological polar surface area (TPSA) is 54.8 Å². The quantitative estimate of drug-likeness (QED) is 0.364. The van der Waals surface area contributed by atoms with Gasteiger partial charge in [0.05, 0.1) is 20.2 Å². The van der Waals surface area contributed by atoms with Gasteiger partial charge in [0.1, 0.15) is 5.75 Å². The Labute approximate surface area is 215 Å². The van der Waals surface area contributed by atoms with E-state index in [1.165, 1.54) is 0 Å². The second-order valence-electron chi connectivity index (χ2n) is 10.2. The molecule has 2 amide bonds. The van der Waals surface area contributed by atoms with Gasteiger partial charge in [-0.3, -0.25) is 9.59 Å². The summed E-state index contributed by atoms with van der Waals surface area (Å²) in [4.78, 5) is 30.2. The molecule has 36 heavy (non-hydrogen) atoms. The standard InChI is InChI=1S/C30H39N3O3/c1-6-17-32(29(35)30(2,3)4)23-28(34)33(20-24-12-8-7-9-13-24)22-26-15-11-18-31(26)21-25-14-10-16-27(19-25)36-5/h7-16,18-19H,6,17,20-23H2,1-5H3. The molecule has 0 aliphatic rings. The lowest BCUT2D eigenvalue weighted by molar-refractivity contribution is -0.146. The largest absolute Gasteiger partial charge is 0.497 e. The summed E-state index contributed by atoms with van der Waals surface area (Å²) in [6, 6.07) is 22.1. The van der Waals surface area contributed by atoms with Crippen LogP contribution in [0.1, 0.15) is 50.9 Å². The molecule has 0 atom stereocenters. The predicted octanol–water partition coefficient (Wildman–Crippen LogP) is 5.36. The zero-order valence-corrected chi connectivity index (χ0v) is 22.2. The maximum Gasteiger partial charge on any atom is 0.242 e. The Kier molecular flexibility index (Phi) is 9.34. The molecule has 192 valence electrons. The Morgan fingerprint density at radius 1 is 0.889 bits per heavy atom. The van der Waals surface area contributed by atoms with E-state index in [2.05, 4.69) is 16.7 Å². The Morgan fingerprint density at radius 3 is 2.28 bits per heavy atom. The smallest absolute Gasteiger partial charge is 0.242 e. The fourth-order valence-electron chi connectivity index (χ4n) is 4.21. The second kappa shape index (κ2) is 12.4. The summed E-state index contributed by atoms with van der Waals surface area (Å²) in [6.07, 6.45) is 2.84. The Morgan fingerprint density at radius 2 is 1.61 bits per heavy atom. The molecular formula is C30H39N3O3. The van der Waals surface area contributed by atoms with Crippen molar-refractivity contribution in [3.63, 3.8) is 0 Å². The zero-order chi connectivity index (χ0) is 26.1. The normalized spacial score (nSPS) is 11.2. The average Bonchev–Trinajstić information content (AvgIpc) is 3.29. The molecule has 0 aliphatic carbocycles. The summed E-state index contributed by atoms with van der Waals surface area (Å²) >= 11 is 0. The predicted molar refractivity (Wildman–Crippen MR) is 144 cm³/mol. The lowest BCUT2D eigenvalue weighted by Gasteiger charge is -2.31. The zero-order valence-electron chi connectivity index (χ0n) is 22.2. The van der Waals surface area contributed by atoms with Crippen LogP contribution in [-0.2, 0) is 29.2 Å². The highest BCUT2D eigenvalue weighted by atomic mass is 16.5. The minimum absolute atomic E-state index is 0.00115. The lowest BCUT2D eigenvalue weighted by atomic mass is 9.94. The molecule has 0 N–H and O–H groups in total. The van der Waals surface area contributed by atoms with E-state index in [0.29, 0.717) is 26.2 Å². The van der Waals surface area contributed by atoms with Gasteiger partial charge in [0, 0.05) is 36.9 Å². The highest BCUT2D eigenvalue weighted by Gasteiger charge is 2.29. The summed E-state index contributed by atoms with van der Waals surface area (Å²) in [7, 11) is 1.67. The highest BCUT2D eigenvalue weighted by Crippen LogP contribution is 2.20. The van der Waals surface area contributed by atoms with Crippen molar-refractivity contribution in [2.45, 2.75) is 53.8 Å². The first-order chi connectivity index (χ1) is 17.2. The van der Waals surface area contributed by atoms with Crippen LogP contribution in [0.2, 0.25) is 0 Å². The van der Waals surface area contributed by atoms with Crippen LogP contribution in [-0.4, -0.2) is 46.4 Å². The fourth-order valence-corrected chi connectivity index (χ4v) is 4.21. The number of ether oxygens (including phenoxy) is 1. The van der Waals surface area contributed by atoms with Gasteiger partial charge in [-0.05, 0) is 41.8 Å². The first kappa shape index (κ1) is 27.1. The Hall–Kier alpha value is -3.54. The van der Waals surface area contributed by atoms with Crippen molar-refractivity contribution in [2.75, 3.05) is 20.2 Å². The van der Waals surface area contributed by atoms with E-state index in [4.69, 9.17) is 4.74 Å². The lowest BCUT2D eigenvalue weighted by Crippen LogP contribution is -2.46. The third-order valence-electron chi connectivity index (χ3n) is 6.08. The van der Waals surface area contributed by atoms with E-state index in [-0.39, 0.29) is 18.4 Å². The number of nitrogens with zero attached hydrogens (tertiary/aromatic N) is 3. The maximum absolute atomic E-state index is 13.6. The minimum atomic E-state index is -0.537. The minimum Gasteiger partial charge on any atom is -0.497 e. The van der Waals surface area contributed by atoms with Crippen LogP contribution < -0.4 is 4.74 Å². The van der Waals surface area contributed by atoms with Gasteiger partial charge < -0.3 is 19.1 Å². The maximum atomic E-state index is 13.6. The number of hydrogen-bond donors (Lipinski definition) is 0. The summed E-state index contributed by atoms with van der Waals surface area (Å²) in [5.74, 6) is 0.763. The number of carbonyl (C=O) groups excluding carboxylic acids is 2. The summed E-state index contributed by atoms with van der Waals surface area (Å²) < 4.78 is 7.53. The summed E-state index contributed by atoms with van der Waals surface area (Å²) in [5, 5.41) is 0.